The molecule has 2 nitrogen and oxygen atoms in total. The Kier molecular flexibility index (Phi) is 3.93. The Labute approximate surface area is 123 Å². The van der Waals surface area contributed by atoms with Gasteiger partial charge in [0.05, 0.1) is 0 Å². The van der Waals surface area contributed by atoms with Gasteiger partial charge in [0.15, 0.2) is 0 Å². The number of rotatable bonds is 4. The molecule has 3 heteroatoms. The van der Waals surface area contributed by atoms with E-state index < -0.39 is 0 Å². The lowest BCUT2D eigenvalue weighted by Gasteiger charge is -2.14. The van der Waals surface area contributed by atoms with Crippen LogP contribution in [0.5, 0.6) is 0 Å². The van der Waals surface area contributed by atoms with Crippen molar-refractivity contribution < 1.29 is 4.39 Å². The highest BCUT2D eigenvalue weighted by atomic mass is 19.1. The third kappa shape index (κ3) is 3.26. The normalized spacial score (nSPS) is 12.5. The van der Waals surface area contributed by atoms with Crippen LogP contribution in [0.2, 0.25) is 0 Å². The minimum absolute atomic E-state index is 0.179. The molecule has 0 aliphatic rings. The second-order valence-electron chi connectivity index (χ2n) is 5.21. The van der Waals surface area contributed by atoms with Crippen LogP contribution < -0.4 is 5.32 Å². The van der Waals surface area contributed by atoms with E-state index in [4.69, 9.17) is 0 Å². The Bertz CT molecular complexity index is 738. The van der Waals surface area contributed by atoms with Gasteiger partial charge < -0.3 is 5.32 Å². The Hall–Kier alpha value is -2.26. The van der Waals surface area contributed by atoms with E-state index >= 15 is 0 Å². The quantitative estimate of drug-likeness (QED) is 0.773. The minimum atomic E-state index is -0.200. The van der Waals surface area contributed by atoms with Crippen molar-refractivity contribution in [1.82, 2.24) is 10.3 Å². The van der Waals surface area contributed by atoms with Gasteiger partial charge in [0.2, 0.25) is 0 Å². The predicted octanol–water partition coefficient (Wildman–Crippen LogP) is 4.22. The highest BCUT2D eigenvalue weighted by Gasteiger charge is 2.05. The number of nitrogens with zero attached hydrogens (tertiary/aromatic N) is 1. The first kappa shape index (κ1) is 13.7. The van der Waals surface area contributed by atoms with Crippen molar-refractivity contribution >= 4 is 10.8 Å². The second-order valence-corrected chi connectivity index (χ2v) is 5.21. The van der Waals surface area contributed by atoms with Gasteiger partial charge in [0.1, 0.15) is 5.82 Å². The van der Waals surface area contributed by atoms with Gasteiger partial charge in [0.25, 0.3) is 0 Å². The van der Waals surface area contributed by atoms with Crippen LogP contribution >= 0.6 is 0 Å². The molecular weight excluding hydrogens is 263 g/mol. The number of fused-ring (bicyclic) bond motifs is 1. The molecule has 0 fully saturated rings. The van der Waals surface area contributed by atoms with Gasteiger partial charge in [-0.3, -0.25) is 4.98 Å². The average Bonchev–Trinajstić information content (AvgIpc) is 2.53. The van der Waals surface area contributed by atoms with Crippen LogP contribution in [-0.2, 0) is 6.54 Å². The maximum atomic E-state index is 12.9. The first-order valence-electron chi connectivity index (χ1n) is 7.04. The Morgan fingerprint density at radius 2 is 1.86 bits per heavy atom. The van der Waals surface area contributed by atoms with Crippen LogP contribution in [0.15, 0.2) is 60.9 Å². The van der Waals surface area contributed by atoms with Crippen LogP contribution in [0.4, 0.5) is 4.39 Å². The lowest BCUT2D eigenvalue weighted by molar-refractivity contribution is 0.571. The zero-order chi connectivity index (χ0) is 14.7. The van der Waals surface area contributed by atoms with Crippen LogP contribution in [0, 0.1) is 5.82 Å². The molecular formula is C18H17FN2. The Balaban J connectivity index is 1.69. The van der Waals surface area contributed by atoms with Crippen LogP contribution in [0.3, 0.4) is 0 Å². The summed E-state index contributed by atoms with van der Waals surface area (Å²) >= 11 is 0. The minimum Gasteiger partial charge on any atom is -0.306 e. The molecule has 106 valence electrons. The fourth-order valence-corrected chi connectivity index (χ4v) is 2.38. The van der Waals surface area contributed by atoms with Gasteiger partial charge in [-0.05, 0) is 47.7 Å². The number of hydrogen-bond donors (Lipinski definition) is 1. The first-order chi connectivity index (χ1) is 10.2. The maximum Gasteiger partial charge on any atom is 0.123 e. The summed E-state index contributed by atoms with van der Waals surface area (Å²) in [5.41, 5.74) is 2.31. The van der Waals surface area contributed by atoms with Crippen LogP contribution in [0.1, 0.15) is 24.1 Å². The van der Waals surface area contributed by atoms with Gasteiger partial charge in [-0.15, -0.1) is 0 Å². The topological polar surface area (TPSA) is 24.9 Å². The van der Waals surface area contributed by atoms with Gasteiger partial charge in [-0.1, -0.05) is 24.3 Å². The average molecular weight is 280 g/mol. The van der Waals surface area contributed by atoms with Crippen molar-refractivity contribution in [3.05, 3.63) is 77.9 Å². The molecule has 3 rings (SSSR count). The number of hydrogen-bond acceptors (Lipinski definition) is 2. The molecule has 21 heavy (non-hydrogen) atoms. The molecule has 1 aromatic heterocycles. The number of aromatic nitrogens is 1. The molecule has 3 aromatic rings. The third-order valence-corrected chi connectivity index (χ3v) is 3.69. The summed E-state index contributed by atoms with van der Waals surface area (Å²) < 4.78 is 12.9. The number of benzene rings is 2. The fraction of sp³-hybridized carbons (Fsp3) is 0.167. The van der Waals surface area contributed by atoms with Gasteiger partial charge >= 0.3 is 0 Å². The first-order valence-corrected chi connectivity index (χ1v) is 7.04. The molecule has 0 aliphatic heterocycles. The SMILES string of the molecule is C[C@H](NCc1ccc2cnccc2c1)c1ccc(F)cc1. The Morgan fingerprint density at radius 1 is 1.05 bits per heavy atom. The smallest absolute Gasteiger partial charge is 0.123 e. The number of nitrogens with one attached hydrogen (secondary N) is 1. The largest absolute Gasteiger partial charge is 0.306 e. The molecule has 1 heterocycles. The summed E-state index contributed by atoms with van der Waals surface area (Å²) in [5.74, 6) is -0.200. The molecule has 0 unspecified atom stereocenters. The van der Waals surface area contributed by atoms with E-state index in [0.717, 1.165) is 17.5 Å². The lowest BCUT2D eigenvalue weighted by atomic mass is 10.1. The second kappa shape index (κ2) is 6.02. The van der Waals surface area contributed by atoms with E-state index in [1.54, 1.807) is 6.20 Å². The van der Waals surface area contributed by atoms with E-state index in [9.17, 15) is 4.39 Å². The van der Waals surface area contributed by atoms with Gasteiger partial charge in [-0.25, -0.2) is 4.39 Å². The third-order valence-electron chi connectivity index (χ3n) is 3.69. The molecule has 0 bridgehead atoms. The van der Waals surface area contributed by atoms with Crippen molar-refractivity contribution in [2.75, 3.05) is 0 Å². The molecule has 0 radical (unpaired) electrons. The maximum absolute atomic E-state index is 12.9. The van der Waals surface area contributed by atoms with Crippen molar-refractivity contribution in [1.29, 1.82) is 0 Å². The van der Waals surface area contributed by atoms with Crippen LogP contribution in [-0.4, -0.2) is 4.98 Å². The van der Waals surface area contributed by atoms with E-state index in [-0.39, 0.29) is 11.9 Å². The van der Waals surface area contributed by atoms with Gasteiger partial charge in [-0.2, -0.15) is 0 Å². The number of halogens is 1. The molecule has 0 aliphatic carbocycles. The summed E-state index contributed by atoms with van der Waals surface area (Å²) in [6, 6.07) is 15.2. The molecule has 0 amide bonds. The van der Waals surface area contributed by atoms with E-state index in [0.29, 0.717) is 0 Å². The monoisotopic (exact) mass is 280 g/mol. The van der Waals surface area contributed by atoms with Crippen LogP contribution in [0.25, 0.3) is 10.8 Å². The summed E-state index contributed by atoms with van der Waals surface area (Å²) in [6.07, 6.45) is 3.67. The summed E-state index contributed by atoms with van der Waals surface area (Å²) in [5, 5.41) is 5.80. The molecule has 0 spiro atoms. The summed E-state index contributed by atoms with van der Waals surface area (Å²) in [6.45, 7) is 2.86. The fourth-order valence-electron chi connectivity index (χ4n) is 2.38. The van der Waals surface area contributed by atoms with Crippen molar-refractivity contribution in [2.24, 2.45) is 0 Å². The van der Waals surface area contributed by atoms with Crippen molar-refractivity contribution in [3.8, 4) is 0 Å². The Morgan fingerprint density at radius 3 is 2.67 bits per heavy atom. The van der Waals surface area contributed by atoms with E-state index in [1.165, 1.54) is 23.1 Å². The highest BCUT2D eigenvalue weighted by molar-refractivity contribution is 5.81. The molecule has 1 N–H and O–H groups in total. The standard InChI is InChI=1S/C18H17FN2/c1-13(15-4-6-18(19)7-5-15)21-11-14-2-3-17-12-20-9-8-16(17)10-14/h2-10,12-13,21H,11H2,1H3/t13-/m0/s1. The predicted molar refractivity (Wildman–Crippen MR) is 83.4 cm³/mol. The lowest BCUT2D eigenvalue weighted by Crippen LogP contribution is -2.18. The van der Waals surface area contributed by atoms with E-state index in [1.807, 2.05) is 24.4 Å². The summed E-state index contributed by atoms with van der Waals surface area (Å²) in [7, 11) is 0. The summed E-state index contributed by atoms with van der Waals surface area (Å²) in [4.78, 5) is 4.12. The zero-order valence-electron chi connectivity index (χ0n) is 11.9. The van der Waals surface area contributed by atoms with Crippen molar-refractivity contribution in [2.45, 2.75) is 19.5 Å². The van der Waals surface area contributed by atoms with Gasteiger partial charge in [0, 0.05) is 30.4 Å². The molecule has 1 atom stereocenters. The molecule has 2 aromatic carbocycles. The zero-order valence-corrected chi connectivity index (χ0v) is 11.9. The van der Waals surface area contributed by atoms with E-state index in [2.05, 4.69) is 35.4 Å². The van der Waals surface area contributed by atoms with Crippen molar-refractivity contribution in [3.63, 3.8) is 0 Å². The molecule has 0 saturated carbocycles. The molecule has 0 saturated heterocycles. The number of pyridine rings is 1. The highest BCUT2D eigenvalue weighted by Crippen LogP contribution is 2.17.